The van der Waals surface area contributed by atoms with E-state index in [2.05, 4.69) is 41.1 Å². The minimum absolute atomic E-state index is 0. The molecule has 0 radical (unpaired) electrons. The number of halogens is 1. The lowest BCUT2D eigenvalue weighted by Gasteiger charge is -2.34. The van der Waals surface area contributed by atoms with Crippen molar-refractivity contribution in [3.8, 4) is 0 Å². The van der Waals surface area contributed by atoms with Crippen LogP contribution in [0.25, 0.3) is 10.1 Å². The molecule has 0 saturated carbocycles. The van der Waals surface area contributed by atoms with Gasteiger partial charge in [-0.2, -0.15) is 0 Å². The molecule has 0 atom stereocenters. The van der Waals surface area contributed by atoms with Crippen molar-refractivity contribution in [2.75, 3.05) is 38.1 Å². The highest BCUT2D eigenvalue weighted by Gasteiger charge is 2.16. The number of likely N-dealkylation sites (N-methyl/N-ethyl adjacent to an activating group) is 1. The van der Waals surface area contributed by atoms with Gasteiger partial charge in [-0.3, -0.25) is 0 Å². The lowest BCUT2D eigenvalue weighted by atomic mass is 10.1. The Morgan fingerprint density at radius 2 is 1.95 bits per heavy atom. The fraction of sp³-hybridized carbons (Fsp3) is 0.429. The van der Waals surface area contributed by atoms with Crippen LogP contribution in [0.2, 0.25) is 0 Å². The van der Waals surface area contributed by atoms with Gasteiger partial charge in [0, 0.05) is 46.8 Å². The van der Waals surface area contributed by atoms with Gasteiger partial charge in [0.25, 0.3) is 0 Å². The summed E-state index contributed by atoms with van der Waals surface area (Å²) in [5.41, 5.74) is 1.32. The molecule has 1 N–H and O–H groups in total. The Labute approximate surface area is 123 Å². The van der Waals surface area contributed by atoms with Crippen LogP contribution in [0, 0.1) is 0 Å². The SMILES string of the molecule is CN1CCN(c2cccc3sc(CO)cc23)CC1.Cl. The second-order valence-electron chi connectivity index (χ2n) is 4.85. The molecule has 2 aromatic rings. The third-order valence-electron chi connectivity index (χ3n) is 3.59. The molecule has 0 aliphatic carbocycles. The zero-order chi connectivity index (χ0) is 12.5. The summed E-state index contributed by atoms with van der Waals surface area (Å²) in [6.07, 6.45) is 0. The molecule has 0 bridgehead atoms. The molecule has 2 heterocycles. The standard InChI is InChI=1S/C14H18N2OS.ClH/c1-15-5-7-16(8-6-15)13-3-2-4-14-12(13)9-11(10-17)18-14;/h2-4,9,17H,5-8,10H2,1H3;1H. The first-order valence-electron chi connectivity index (χ1n) is 6.34. The van der Waals surface area contributed by atoms with Crippen molar-refractivity contribution >= 4 is 39.5 Å². The van der Waals surface area contributed by atoms with Crippen LogP contribution in [0.4, 0.5) is 5.69 Å². The maximum Gasteiger partial charge on any atom is 0.0774 e. The number of hydrogen-bond donors (Lipinski definition) is 1. The van der Waals surface area contributed by atoms with Gasteiger partial charge in [-0.05, 0) is 25.2 Å². The fourth-order valence-corrected chi connectivity index (χ4v) is 3.44. The van der Waals surface area contributed by atoms with E-state index in [1.807, 2.05) is 0 Å². The number of nitrogens with zero attached hydrogens (tertiary/aromatic N) is 2. The Balaban J connectivity index is 0.00000133. The molecule has 1 fully saturated rings. The van der Waals surface area contributed by atoms with Gasteiger partial charge in [0.2, 0.25) is 0 Å². The molecule has 1 aliphatic heterocycles. The first-order valence-corrected chi connectivity index (χ1v) is 7.15. The molecular weight excluding hydrogens is 280 g/mol. The van der Waals surface area contributed by atoms with Crippen LogP contribution in [-0.4, -0.2) is 43.2 Å². The van der Waals surface area contributed by atoms with Gasteiger partial charge in [0.1, 0.15) is 0 Å². The molecule has 1 aromatic heterocycles. The molecule has 1 aromatic carbocycles. The summed E-state index contributed by atoms with van der Waals surface area (Å²) in [7, 11) is 2.17. The highest BCUT2D eigenvalue weighted by atomic mass is 35.5. The van der Waals surface area contributed by atoms with Crippen LogP contribution in [0.5, 0.6) is 0 Å². The average Bonchev–Trinajstić information content (AvgIpc) is 2.82. The van der Waals surface area contributed by atoms with E-state index in [-0.39, 0.29) is 19.0 Å². The predicted molar refractivity (Wildman–Crippen MR) is 84.7 cm³/mol. The Kier molecular flexibility index (Phi) is 4.68. The molecule has 19 heavy (non-hydrogen) atoms. The van der Waals surface area contributed by atoms with E-state index >= 15 is 0 Å². The first kappa shape index (κ1) is 14.6. The third-order valence-corrected chi connectivity index (χ3v) is 4.67. The molecular formula is C14H19ClN2OS. The number of benzene rings is 1. The van der Waals surface area contributed by atoms with Crippen LogP contribution in [0.15, 0.2) is 24.3 Å². The van der Waals surface area contributed by atoms with E-state index in [9.17, 15) is 5.11 Å². The minimum atomic E-state index is 0. The molecule has 104 valence electrons. The molecule has 3 nitrogen and oxygen atoms in total. The molecule has 0 unspecified atom stereocenters. The summed E-state index contributed by atoms with van der Waals surface area (Å²) in [5.74, 6) is 0. The smallest absolute Gasteiger partial charge is 0.0774 e. The second-order valence-corrected chi connectivity index (χ2v) is 6.02. The molecule has 3 rings (SSSR count). The van der Waals surface area contributed by atoms with E-state index in [1.54, 1.807) is 11.3 Å². The van der Waals surface area contributed by atoms with Crippen LogP contribution in [0.3, 0.4) is 0 Å². The number of hydrogen-bond acceptors (Lipinski definition) is 4. The summed E-state index contributed by atoms with van der Waals surface area (Å²) in [5, 5.41) is 10.6. The van der Waals surface area contributed by atoms with Crippen LogP contribution in [-0.2, 0) is 6.61 Å². The maximum absolute atomic E-state index is 9.26. The van der Waals surface area contributed by atoms with E-state index in [0.717, 1.165) is 31.1 Å². The lowest BCUT2D eigenvalue weighted by Crippen LogP contribution is -2.44. The summed E-state index contributed by atoms with van der Waals surface area (Å²) < 4.78 is 1.27. The Morgan fingerprint density at radius 1 is 1.21 bits per heavy atom. The molecule has 0 spiro atoms. The monoisotopic (exact) mass is 298 g/mol. The molecule has 1 saturated heterocycles. The largest absolute Gasteiger partial charge is 0.391 e. The van der Waals surface area contributed by atoms with Crippen molar-refractivity contribution in [1.82, 2.24) is 4.90 Å². The topological polar surface area (TPSA) is 26.7 Å². The normalized spacial score (nSPS) is 16.6. The van der Waals surface area contributed by atoms with Gasteiger partial charge in [-0.1, -0.05) is 6.07 Å². The number of piperazine rings is 1. The Hall–Kier alpha value is -0.810. The highest BCUT2D eigenvalue weighted by Crippen LogP contribution is 2.33. The summed E-state index contributed by atoms with van der Waals surface area (Å²) in [6, 6.07) is 8.58. The highest BCUT2D eigenvalue weighted by molar-refractivity contribution is 7.19. The van der Waals surface area contributed by atoms with Gasteiger partial charge in [0.05, 0.1) is 6.61 Å². The summed E-state index contributed by atoms with van der Waals surface area (Å²) in [4.78, 5) is 5.87. The van der Waals surface area contributed by atoms with Gasteiger partial charge >= 0.3 is 0 Å². The predicted octanol–water partition coefficient (Wildman–Crippen LogP) is 2.57. The van der Waals surface area contributed by atoms with Gasteiger partial charge in [-0.25, -0.2) is 0 Å². The number of rotatable bonds is 2. The van der Waals surface area contributed by atoms with Crippen molar-refractivity contribution in [2.45, 2.75) is 6.61 Å². The fourth-order valence-electron chi connectivity index (χ4n) is 2.50. The lowest BCUT2D eigenvalue weighted by molar-refractivity contribution is 0.285. The number of anilines is 1. The Bertz CT molecular complexity index is 549. The van der Waals surface area contributed by atoms with Crippen LogP contribution < -0.4 is 4.90 Å². The summed E-state index contributed by atoms with van der Waals surface area (Å²) >= 11 is 1.69. The van der Waals surface area contributed by atoms with Crippen LogP contribution >= 0.6 is 23.7 Å². The number of aliphatic hydroxyl groups excluding tert-OH is 1. The van der Waals surface area contributed by atoms with E-state index in [0.29, 0.717) is 0 Å². The minimum Gasteiger partial charge on any atom is -0.391 e. The van der Waals surface area contributed by atoms with Crippen LogP contribution in [0.1, 0.15) is 4.88 Å². The molecule has 1 aliphatic rings. The average molecular weight is 299 g/mol. The van der Waals surface area contributed by atoms with Gasteiger partial charge in [0.15, 0.2) is 0 Å². The van der Waals surface area contributed by atoms with E-state index < -0.39 is 0 Å². The zero-order valence-electron chi connectivity index (χ0n) is 11.0. The molecule has 0 amide bonds. The first-order chi connectivity index (χ1) is 8.78. The van der Waals surface area contributed by atoms with Gasteiger partial charge in [-0.15, -0.1) is 23.7 Å². The van der Waals surface area contributed by atoms with Crippen molar-refractivity contribution in [2.24, 2.45) is 0 Å². The maximum atomic E-state index is 9.26. The van der Waals surface area contributed by atoms with E-state index in [1.165, 1.54) is 15.8 Å². The number of thiophene rings is 1. The third kappa shape index (κ3) is 2.87. The quantitative estimate of drug-likeness (QED) is 0.923. The van der Waals surface area contributed by atoms with Crippen molar-refractivity contribution in [3.05, 3.63) is 29.1 Å². The molecule has 5 heteroatoms. The second kappa shape index (κ2) is 6.09. The van der Waals surface area contributed by atoms with Crippen molar-refractivity contribution < 1.29 is 5.11 Å². The van der Waals surface area contributed by atoms with Gasteiger partial charge < -0.3 is 14.9 Å². The summed E-state index contributed by atoms with van der Waals surface area (Å²) in [6.45, 7) is 4.54. The number of aliphatic hydroxyl groups is 1. The number of fused-ring (bicyclic) bond motifs is 1. The zero-order valence-corrected chi connectivity index (χ0v) is 12.6. The van der Waals surface area contributed by atoms with Crippen molar-refractivity contribution in [3.63, 3.8) is 0 Å². The van der Waals surface area contributed by atoms with Crippen molar-refractivity contribution in [1.29, 1.82) is 0 Å². The Morgan fingerprint density at radius 3 is 2.63 bits per heavy atom. The van der Waals surface area contributed by atoms with E-state index in [4.69, 9.17) is 0 Å².